The Balaban J connectivity index is 2.35. The highest BCUT2D eigenvalue weighted by Crippen LogP contribution is 2.28. The number of halogens is 1. The first-order valence-corrected chi connectivity index (χ1v) is 5.47. The van der Waals surface area contributed by atoms with Crippen LogP contribution in [0, 0.1) is 11.7 Å². The fourth-order valence-electron chi connectivity index (χ4n) is 1.99. The molecule has 1 aliphatic heterocycles. The first-order chi connectivity index (χ1) is 8.52. The van der Waals surface area contributed by atoms with Gasteiger partial charge < -0.3 is 15.1 Å². The van der Waals surface area contributed by atoms with Gasteiger partial charge in [0.15, 0.2) is 0 Å². The molecule has 1 fully saturated rings. The minimum atomic E-state index is -1.18. The van der Waals surface area contributed by atoms with Crippen LogP contribution >= 0.6 is 0 Å². The number of carbonyl (C=O) groups is 2. The molecule has 0 aromatic heterocycles. The van der Waals surface area contributed by atoms with E-state index >= 15 is 0 Å². The standard InChI is InChI=1S/C12H12FNO4/c13-9-2-1-8(12(17)18)4-10(9)14-5-7(6-15)3-11(14)16/h1-2,4,7,15H,3,5-6H2,(H,17,18). The maximum atomic E-state index is 13.6. The van der Waals surface area contributed by atoms with Crippen molar-refractivity contribution in [3.05, 3.63) is 29.6 Å². The van der Waals surface area contributed by atoms with Gasteiger partial charge in [0, 0.05) is 25.5 Å². The zero-order chi connectivity index (χ0) is 13.3. The lowest BCUT2D eigenvalue weighted by molar-refractivity contribution is -0.117. The number of amides is 1. The van der Waals surface area contributed by atoms with Gasteiger partial charge in [-0.15, -0.1) is 0 Å². The molecule has 1 heterocycles. The number of hydrogen-bond acceptors (Lipinski definition) is 3. The molecule has 1 aromatic carbocycles. The van der Waals surface area contributed by atoms with E-state index < -0.39 is 11.8 Å². The molecule has 5 nitrogen and oxygen atoms in total. The van der Waals surface area contributed by atoms with E-state index in [1.807, 2.05) is 0 Å². The molecule has 1 aromatic rings. The van der Waals surface area contributed by atoms with E-state index in [1.54, 1.807) is 0 Å². The van der Waals surface area contributed by atoms with Crippen molar-refractivity contribution in [2.45, 2.75) is 6.42 Å². The Kier molecular flexibility index (Phi) is 3.29. The van der Waals surface area contributed by atoms with Gasteiger partial charge in [-0.25, -0.2) is 9.18 Å². The second-order valence-corrected chi connectivity index (χ2v) is 4.23. The number of nitrogens with zero attached hydrogens (tertiary/aromatic N) is 1. The topological polar surface area (TPSA) is 77.8 Å². The largest absolute Gasteiger partial charge is 0.478 e. The van der Waals surface area contributed by atoms with E-state index in [-0.39, 0.29) is 42.6 Å². The van der Waals surface area contributed by atoms with Crippen LogP contribution in [-0.2, 0) is 4.79 Å². The summed E-state index contributed by atoms with van der Waals surface area (Å²) >= 11 is 0. The second kappa shape index (κ2) is 4.73. The first-order valence-electron chi connectivity index (χ1n) is 5.47. The number of aliphatic hydroxyl groups excluding tert-OH is 1. The van der Waals surface area contributed by atoms with Gasteiger partial charge in [-0.2, -0.15) is 0 Å². The molecule has 2 N–H and O–H groups in total. The lowest BCUT2D eigenvalue weighted by atomic mass is 10.1. The summed E-state index contributed by atoms with van der Waals surface area (Å²) in [7, 11) is 0. The van der Waals surface area contributed by atoms with Gasteiger partial charge in [0.25, 0.3) is 0 Å². The normalized spacial score (nSPS) is 19.3. The van der Waals surface area contributed by atoms with Crippen molar-refractivity contribution in [2.24, 2.45) is 5.92 Å². The van der Waals surface area contributed by atoms with Crippen LogP contribution in [0.4, 0.5) is 10.1 Å². The molecule has 1 unspecified atom stereocenters. The maximum Gasteiger partial charge on any atom is 0.335 e. The summed E-state index contributed by atoms with van der Waals surface area (Å²) in [5, 5.41) is 17.8. The number of carboxylic acids is 1. The lowest BCUT2D eigenvalue weighted by Gasteiger charge is -2.17. The molecule has 0 bridgehead atoms. The summed E-state index contributed by atoms with van der Waals surface area (Å²) in [5.74, 6) is -2.37. The number of aliphatic hydroxyl groups is 1. The van der Waals surface area contributed by atoms with E-state index in [1.165, 1.54) is 4.90 Å². The zero-order valence-corrected chi connectivity index (χ0v) is 9.47. The minimum Gasteiger partial charge on any atom is -0.478 e. The number of aromatic carboxylic acids is 1. The number of carboxylic acid groups (broad SMARTS) is 1. The van der Waals surface area contributed by atoms with Gasteiger partial charge in [0.1, 0.15) is 5.82 Å². The minimum absolute atomic E-state index is 0.0455. The Morgan fingerprint density at radius 1 is 1.50 bits per heavy atom. The molecule has 6 heteroatoms. The van der Waals surface area contributed by atoms with Gasteiger partial charge in [0.2, 0.25) is 5.91 Å². The van der Waals surface area contributed by atoms with Crippen LogP contribution < -0.4 is 4.90 Å². The van der Waals surface area contributed by atoms with Gasteiger partial charge in [0.05, 0.1) is 11.3 Å². The van der Waals surface area contributed by atoms with Crippen molar-refractivity contribution in [1.82, 2.24) is 0 Å². The molecule has 1 saturated heterocycles. The molecule has 18 heavy (non-hydrogen) atoms. The quantitative estimate of drug-likeness (QED) is 0.837. The van der Waals surface area contributed by atoms with Crippen molar-refractivity contribution >= 4 is 17.6 Å². The van der Waals surface area contributed by atoms with Gasteiger partial charge in [-0.05, 0) is 18.2 Å². The lowest BCUT2D eigenvalue weighted by Crippen LogP contribution is -2.26. The van der Waals surface area contributed by atoms with Gasteiger partial charge >= 0.3 is 5.97 Å². The Morgan fingerprint density at radius 2 is 2.22 bits per heavy atom. The van der Waals surface area contributed by atoms with Gasteiger partial charge in [-0.3, -0.25) is 4.79 Å². The molecular formula is C12H12FNO4. The van der Waals surface area contributed by atoms with Crippen molar-refractivity contribution in [2.75, 3.05) is 18.1 Å². The molecular weight excluding hydrogens is 241 g/mol. The van der Waals surface area contributed by atoms with Crippen LogP contribution in [0.25, 0.3) is 0 Å². The average Bonchev–Trinajstić information content (AvgIpc) is 2.71. The van der Waals surface area contributed by atoms with Gasteiger partial charge in [-0.1, -0.05) is 0 Å². The summed E-state index contributed by atoms with van der Waals surface area (Å²) in [4.78, 5) is 23.7. The molecule has 2 rings (SSSR count). The molecule has 0 saturated carbocycles. The second-order valence-electron chi connectivity index (χ2n) is 4.23. The molecule has 1 aliphatic rings. The van der Waals surface area contributed by atoms with Crippen LogP contribution in [0.5, 0.6) is 0 Å². The fourth-order valence-corrected chi connectivity index (χ4v) is 1.99. The number of hydrogen-bond donors (Lipinski definition) is 2. The monoisotopic (exact) mass is 253 g/mol. The predicted octanol–water partition coefficient (Wildman–Crippen LogP) is 0.869. The number of anilines is 1. The van der Waals surface area contributed by atoms with E-state index in [4.69, 9.17) is 10.2 Å². The van der Waals surface area contributed by atoms with Crippen LogP contribution in [0.1, 0.15) is 16.8 Å². The maximum absolute atomic E-state index is 13.6. The van der Waals surface area contributed by atoms with Crippen molar-refractivity contribution < 1.29 is 24.2 Å². The molecule has 0 aliphatic carbocycles. The van der Waals surface area contributed by atoms with Crippen molar-refractivity contribution in [3.63, 3.8) is 0 Å². The van der Waals surface area contributed by atoms with Crippen LogP contribution in [0.2, 0.25) is 0 Å². The summed E-state index contributed by atoms with van der Waals surface area (Å²) in [6.07, 6.45) is 0.146. The molecule has 1 atom stereocenters. The molecule has 96 valence electrons. The third-order valence-corrected chi connectivity index (χ3v) is 2.95. The predicted molar refractivity (Wildman–Crippen MR) is 60.9 cm³/mol. The smallest absolute Gasteiger partial charge is 0.335 e. The van der Waals surface area contributed by atoms with Crippen LogP contribution in [0.3, 0.4) is 0 Å². The van der Waals surface area contributed by atoms with Crippen LogP contribution in [0.15, 0.2) is 18.2 Å². The Labute approximate surface area is 102 Å². The number of rotatable bonds is 3. The highest BCUT2D eigenvalue weighted by molar-refractivity contribution is 5.97. The Hall–Kier alpha value is -1.95. The molecule has 0 radical (unpaired) electrons. The van der Waals surface area contributed by atoms with Crippen LogP contribution in [-0.4, -0.2) is 35.2 Å². The van der Waals surface area contributed by atoms with E-state index in [0.29, 0.717) is 0 Å². The summed E-state index contributed by atoms with van der Waals surface area (Å²) in [6, 6.07) is 3.30. The molecule has 1 amide bonds. The highest BCUT2D eigenvalue weighted by atomic mass is 19.1. The van der Waals surface area contributed by atoms with E-state index in [2.05, 4.69) is 0 Å². The first kappa shape index (κ1) is 12.5. The highest BCUT2D eigenvalue weighted by Gasteiger charge is 2.31. The Morgan fingerprint density at radius 3 is 2.78 bits per heavy atom. The fraction of sp³-hybridized carbons (Fsp3) is 0.333. The average molecular weight is 253 g/mol. The van der Waals surface area contributed by atoms with Crippen molar-refractivity contribution in [3.8, 4) is 0 Å². The number of carbonyl (C=O) groups excluding carboxylic acids is 1. The van der Waals surface area contributed by atoms with E-state index in [9.17, 15) is 14.0 Å². The zero-order valence-electron chi connectivity index (χ0n) is 9.47. The summed E-state index contributed by atoms with van der Waals surface area (Å²) in [6.45, 7) is 0.0534. The third kappa shape index (κ3) is 2.19. The van der Waals surface area contributed by atoms with E-state index in [0.717, 1.165) is 18.2 Å². The SMILES string of the molecule is O=C(O)c1ccc(F)c(N2CC(CO)CC2=O)c1. The Bertz CT molecular complexity index is 503. The van der Waals surface area contributed by atoms with Crippen molar-refractivity contribution in [1.29, 1.82) is 0 Å². The number of benzene rings is 1. The molecule has 0 spiro atoms. The summed E-state index contributed by atoms with van der Waals surface area (Å²) < 4.78 is 13.6. The third-order valence-electron chi connectivity index (χ3n) is 2.95. The summed E-state index contributed by atoms with van der Waals surface area (Å²) in [5.41, 5.74) is -0.123.